The molecule has 0 aliphatic heterocycles. The summed E-state index contributed by atoms with van der Waals surface area (Å²) >= 11 is 0. The minimum Gasteiger partial charge on any atom is -0.370 e. The second-order valence-corrected chi connectivity index (χ2v) is 3.15. The zero-order chi connectivity index (χ0) is 11.1. The first-order chi connectivity index (χ1) is 7.22. The Labute approximate surface area is 88.4 Å². The second-order valence-electron chi connectivity index (χ2n) is 3.15. The molecule has 0 bridgehead atoms. The zero-order valence-corrected chi connectivity index (χ0v) is 8.41. The number of hydrogen-bond acceptors (Lipinski definition) is 2. The van der Waals surface area contributed by atoms with Gasteiger partial charge >= 0.3 is 0 Å². The largest absolute Gasteiger partial charge is 0.370 e. The summed E-state index contributed by atoms with van der Waals surface area (Å²) in [7, 11) is 0. The maximum Gasteiger partial charge on any atom is 0.162 e. The molecule has 0 fully saturated rings. The highest BCUT2D eigenvalue weighted by Gasteiger charge is 2.03. The molecule has 1 aromatic carbocycles. The summed E-state index contributed by atoms with van der Waals surface area (Å²) in [6.45, 7) is 3.92. The van der Waals surface area contributed by atoms with Gasteiger partial charge in [0.25, 0.3) is 0 Å². The van der Waals surface area contributed by atoms with E-state index in [1.165, 1.54) is 12.1 Å². The quantitative estimate of drug-likeness (QED) is 0.529. The summed E-state index contributed by atoms with van der Waals surface area (Å²) in [4.78, 5) is 11.3. The van der Waals surface area contributed by atoms with Gasteiger partial charge in [-0.2, -0.15) is 0 Å². The van der Waals surface area contributed by atoms with Crippen LogP contribution in [0.25, 0.3) is 0 Å². The minimum atomic E-state index is -0.297. The van der Waals surface area contributed by atoms with Gasteiger partial charge in [-0.3, -0.25) is 4.79 Å². The van der Waals surface area contributed by atoms with E-state index in [-0.39, 0.29) is 24.6 Å². The van der Waals surface area contributed by atoms with Crippen LogP contribution in [0.5, 0.6) is 0 Å². The second kappa shape index (κ2) is 6.09. The Hall–Kier alpha value is -1.48. The van der Waals surface area contributed by atoms with Gasteiger partial charge in [0.2, 0.25) is 0 Å². The van der Waals surface area contributed by atoms with Crippen molar-refractivity contribution in [3.05, 3.63) is 48.3 Å². The normalized spacial score (nSPS) is 9.93. The average Bonchev–Trinajstić information content (AvgIpc) is 2.22. The van der Waals surface area contributed by atoms with Crippen molar-refractivity contribution in [2.75, 3.05) is 13.2 Å². The molecule has 0 heterocycles. The van der Waals surface area contributed by atoms with E-state index in [1.807, 2.05) is 0 Å². The molecule has 0 aliphatic carbocycles. The molecular weight excluding hydrogens is 195 g/mol. The standard InChI is InChI=1S/C12H13FO2/c1-2-7-15-9-12(14)8-10-3-5-11(13)6-4-10/h2-6H,1,7-9H2. The van der Waals surface area contributed by atoms with Gasteiger partial charge in [0, 0.05) is 6.42 Å². The van der Waals surface area contributed by atoms with Crippen molar-refractivity contribution in [3.8, 4) is 0 Å². The molecule has 1 aromatic rings. The highest BCUT2D eigenvalue weighted by molar-refractivity contribution is 5.82. The molecule has 2 nitrogen and oxygen atoms in total. The molecule has 0 aromatic heterocycles. The lowest BCUT2D eigenvalue weighted by atomic mass is 10.1. The van der Waals surface area contributed by atoms with Crippen LogP contribution in [-0.4, -0.2) is 19.0 Å². The molecule has 1 rings (SSSR count). The van der Waals surface area contributed by atoms with Gasteiger partial charge in [-0.1, -0.05) is 18.2 Å². The number of carbonyl (C=O) groups excluding carboxylic acids is 1. The lowest BCUT2D eigenvalue weighted by Gasteiger charge is -2.01. The van der Waals surface area contributed by atoms with Crippen molar-refractivity contribution in [2.24, 2.45) is 0 Å². The minimum absolute atomic E-state index is 0.0246. The van der Waals surface area contributed by atoms with E-state index in [9.17, 15) is 9.18 Å². The van der Waals surface area contributed by atoms with Crippen molar-refractivity contribution in [2.45, 2.75) is 6.42 Å². The van der Waals surface area contributed by atoms with E-state index >= 15 is 0 Å². The molecule has 0 atom stereocenters. The summed E-state index contributed by atoms with van der Waals surface area (Å²) in [5.41, 5.74) is 0.795. The van der Waals surface area contributed by atoms with Crippen molar-refractivity contribution in [1.82, 2.24) is 0 Å². The fourth-order valence-corrected chi connectivity index (χ4v) is 1.14. The molecule has 0 saturated heterocycles. The Morgan fingerprint density at radius 1 is 1.40 bits per heavy atom. The molecule has 0 saturated carbocycles. The van der Waals surface area contributed by atoms with Crippen LogP contribution in [0.15, 0.2) is 36.9 Å². The molecule has 80 valence electrons. The molecule has 3 heteroatoms. The van der Waals surface area contributed by atoms with Crippen LogP contribution in [0.3, 0.4) is 0 Å². The fraction of sp³-hybridized carbons (Fsp3) is 0.250. The Bertz CT molecular complexity index is 330. The van der Waals surface area contributed by atoms with Gasteiger partial charge in [-0.15, -0.1) is 6.58 Å². The summed E-state index contributed by atoms with van der Waals surface area (Å²) in [5, 5.41) is 0. The number of rotatable bonds is 6. The Morgan fingerprint density at radius 3 is 2.67 bits per heavy atom. The number of ether oxygens (including phenoxy) is 1. The van der Waals surface area contributed by atoms with E-state index < -0.39 is 0 Å². The summed E-state index contributed by atoms with van der Waals surface area (Å²) < 4.78 is 17.6. The smallest absolute Gasteiger partial charge is 0.162 e. The van der Waals surface area contributed by atoms with Crippen molar-refractivity contribution < 1.29 is 13.9 Å². The summed E-state index contributed by atoms with van der Waals surface area (Å²) in [6.07, 6.45) is 1.86. The van der Waals surface area contributed by atoms with Crippen LogP contribution in [0.4, 0.5) is 4.39 Å². The van der Waals surface area contributed by atoms with Crippen LogP contribution in [0, 0.1) is 5.82 Å². The van der Waals surface area contributed by atoms with Crippen LogP contribution >= 0.6 is 0 Å². The summed E-state index contributed by atoms with van der Waals surface area (Å²) in [5.74, 6) is -0.322. The highest BCUT2D eigenvalue weighted by atomic mass is 19.1. The van der Waals surface area contributed by atoms with Gasteiger partial charge in [-0.05, 0) is 17.7 Å². The van der Waals surface area contributed by atoms with Crippen molar-refractivity contribution in [3.63, 3.8) is 0 Å². The average molecular weight is 208 g/mol. The van der Waals surface area contributed by atoms with Crippen LogP contribution in [0.2, 0.25) is 0 Å². The number of halogens is 1. The number of benzene rings is 1. The molecule has 0 unspecified atom stereocenters. The predicted molar refractivity (Wildman–Crippen MR) is 56.1 cm³/mol. The highest BCUT2D eigenvalue weighted by Crippen LogP contribution is 2.03. The first kappa shape index (κ1) is 11.6. The van der Waals surface area contributed by atoms with Crippen molar-refractivity contribution in [1.29, 1.82) is 0 Å². The molecule has 0 N–H and O–H groups in total. The van der Waals surface area contributed by atoms with Crippen LogP contribution < -0.4 is 0 Å². The van der Waals surface area contributed by atoms with Crippen LogP contribution in [-0.2, 0) is 16.0 Å². The Balaban J connectivity index is 2.37. The van der Waals surface area contributed by atoms with Crippen LogP contribution in [0.1, 0.15) is 5.56 Å². The topological polar surface area (TPSA) is 26.3 Å². The van der Waals surface area contributed by atoms with Gasteiger partial charge in [-0.25, -0.2) is 4.39 Å². The van der Waals surface area contributed by atoms with Gasteiger partial charge in [0.05, 0.1) is 6.61 Å². The van der Waals surface area contributed by atoms with E-state index in [0.717, 1.165) is 5.56 Å². The number of carbonyl (C=O) groups is 1. The van der Waals surface area contributed by atoms with E-state index in [0.29, 0.717) is 6.61 Å². The van der Waals surface area contributed by atoms with Gasteiger partial charge in [0.15, 0.2) is 5.78 Å². The zero-order valence-electron chi connectivity index (χ0n) is 8.41. The number of ketones is 1. The van der Waals surface area contributed by atoms with Gasteiger partial charge < -0.3 is 4.74 Å². The molecule has 15 heavy (non-hydrogen) atoms. The maximum absolute atomic E-state index is 12.6. The number of Topliss-reactive ketones (excluding diaryl/α,β-unsaturated/α-hetero) is 1. The molecule has 0 radical (unpaired) electrons. The van der Waals surface area contributed by atoms with Crippen molar-refractivity contribution >= 4 is 5.78 Å². The first-order valence-electron chi connectivity index (χ1n) is 4.67. The predicted octanol–water partition coefficient (Wildman–Crippen LogP) is 2.14. The van der Waals surface area contributed by atoms with E-state index in [4.69, 9.17) is 4.74 Å². The van der Waals surface area contributed by atoms with E-state index in [2.05, 4.69) is 6.58 Å². The molecule has 0 amide bonds. The lowest BCUT2D eigenvalue weighted by molar-refractivity contribution is -0.122. The van der Waals surface area contributed by atoms with Gasteiger partial charge in [0.1, 0.15) is 12.4 Å². The first-order valence-corrected chi connectivity index (χ1v) is 4.67. The molecule has 0 spiro atoms. The maximum atomic E-state index is 12.6. The third-order valence-corrected chi connectivity index (χ3v) is 1.81. The SMILES string of the molecule is C=CCOCC(=O)Cc1ccc(F)cc1. The Kier molecular flexibility index (Phi) is 4.71. The fourth-order valence-electron chi connectivity index (χ4n) is 1.14. The third kappa shape index (κ3) is 4.51. The van der Waals surface area contributed by atoms with E-state index in [1.54, 1.807) is 18.2 Å². The summed E-state index contributed by atoms with van der Waals surface area (Å²) in [6, 6.07) is 5.88. The molecular formula is C12H13FO2. The monoisotopic (exact) mass is 208 g/mol. The Morgan fingerprint density at radius 2 is 2.07 bits per heavy atom. The lowest BCUT2D eigenvalue weighted by Crippen LogP contribution is -2.11. The number of hydrogen-bond donors (Lipinski definition) is 0. The third-order valence-electron chi connectivity index (χ3n) is 1.81. The molecule has 0 aliphatic rings.